The molecule has 0 saturated heterocycles. The van der Waals surface area contributed by atoms with Gasteiger partial charge < -0.3 is 9.15 Å². The number of para-hydroxylation sites is 1. The number of fused-ring (bicyclic) bond motifs is 2. The predicted molar refractivity (Wildman–Crippen MR) is 88.1 cm³/mol. The highest BCUT2D eigenvalue weighted by molar-refractivity contribution is 5.85. The predicted octanol–water partition coefficient (Wildman–Crippen LogP) is 2.44. The highest BCUT2D eigenvalue weighted by Gasteiger charge is 2.16. The van der Waals surface area contributed by atoms with Crippen LogP contribution in [-0.4, -0.2) is 27.0 Å². The number of hydrogen-bond donors (Lipinski definition) is 0. The molecule has 0 fully saturated rings. The molecule has 9 heteroatoms. The lowest BCUT2D eigenvalue weighted by Crippen LogP contribution is -2.11. The van der Waals surface area contributed by atoms with Crippen LogP contribution in [0.2, 0.25) is 0 Å². The molecule has 0 amide bonds. The number of methoxy groups -OCH3 is 1. The molecule has 0 aliphatic carbocycles. The van der Waals surface area contributed by atoms with E-state index in [-0.39, 0.29) is 11.4 Å². The van der Waals surface area contributed by atoms with E-state index >= 15 is 0 Å². The van der Waals surface area contributed by atoms with Crippen molar-refractivity contribution in [2.24, 2.45) is 0 Å². The number of nitrogens with zero attached hydrogens (tertiary/aromatic N) is 4. The molecule has 0 spiro atoms. The lowest BCUT2D eigenvalue weighted by atomic mass is 10.2. The molecule has 0 aliphatic rings. The van der Waals surface area contributed by atoms with Gasteiger partial charge in [-0.1, -0.05) is 17.3 Å². The first-order chi connectivity index (χ1) is 12.1. The van der Waals surface area contributed by atoms with Crippen molar-refractivity contribution < 1.29 is 14.1 Å². The summed E-state index contributed by atoms with van der Waals surface area (Å²) >= 11 is 0. The summed E-state index contributed by atoms with van der Waals surface area (Å²) in [6.07, 6.45) is 0. The Balaban J connectivity index is 1.96. The number of ether oxygens (including phenoxy) is 1. The van der Waals surface area contributed by atoms with E-state index < -0.39 is 10.5 Å². The van der Waals surface area contributed by atoms with Crippen LogP contribution in [0.5, 0.6) is 5.75 Å². The quantitative estimate of drug-likeness (QED) is 0.320. The number of nitro benzene ring substituents is 1. The van der Waals surface area contributed by atoms with E-state index in [9.17, 15) is 14.9 Å². The van der Waals surface area contributed by atoms with Gasteiger partial charge in [-0.05, 0) is 18.2 Å². The first kappa shape index (κ1) is 14.8. The molecular weight excluding hydrogens is 328 g/mol. The van der Waals surface area contributed by atoms with Crippen molar-refractivity contribution in [2.75, 3.05) is 7.11 Å². The largest absolute Gasteiger partial charge is 0.493 e. The second-order valence-corrected chi connectivity index (χ2v) is 5.23. The monoisotopic (exact) mass is 338 g/mol. The maximum Gasteiger partial charge on any atom is 0.362 e. The van der Waals surface area contributed by atoms with Gasteiger partial charge in [-0.2, -0.15) is 0 Å². The average molecular weight is 338 g/mol. The maximum atomic E-state index is 12.4. The number of non-ortho nitro benzene ring substituents is 1. The average Bonchev–Trinajstić information content (AvgIpc) is 3.03. The molecule has 2 heterocycles. The lowest BCUT2D eigenvalue weighted by Gasteiger charge is -2.06. The maximum absolute atomic E-state index is 12.4. The van der Waals surface area contributed by atoms with E-state index in [4.69, 9.17) is 9.15 Å². The van der Waals surface area contributed by atoms with Crippen LogP contribution < -0.4 is 10.4 Å². The third-order valence-corrected chi connectivity index (χ3v) is 3.79. The lowest BCUT2D eigenvalue weighted by molar-refractivity contribution is -0.384. The summed E-state index contributed by atoms with van der Waals surface area (Å²) in [5.74, 6) is 0.445. The van der Waals surface area contributed by atoms with E-state index in [0.29, 0.717) is 27.8 Å². The molecule has 2 aromatic carbocycles. The third kappa shape index (κ3) is 2.29. The van der Waals surface area contributed by atoms with Crippen LogP contribution in [0, 0.1) is 10.1 Å². The van der Waals surface area contributed by atoms with Crippen LogP contribution >= 0.6 is 0 Å². The van der Waals surface area contributed by atoms with Gasteiger partial charge in [0, 0.05) is 17.5 Å². The summed E-state index contributed by atoms with van der Waals surface area (Å²) in [7, 11) is 1.49. The number of rotatable bonds is 3. The van der Waals surface area contributed by atoms with Crippen LogP contribution in [-0.2, 0) is 0 Å². The van der Waals surface area contributed by atoms with Gasteiger partial charge in [-0.25, -0.2) is 9.48 Å². The second kappa shape index (κ2) is 5.41. The molecule has 0 unspecified atom stereocenters. The number of aromatic nitrogens is 3. The Morgan fingerprint density at radius 1 is 1.24 bits per heavy atom. The topological polar surface area (TPSA) is 113 Å². The van der Waals surface area contributed by atoms with Gasteiger partial charge in [0.1, 0.15) is 5.52 Å². The SMILES string of the molecule is COc1cccc2cc(-n3nnc4cc([N+](=O)[O-])ccc43)c(=O)oc12. The van der Waals surface area contributed by atoms with Crippen molar-refractivity contribution in [3.05, 3.63) is 63.0 Å². The Morgan fingerprint density at radius 2 is 2.08 bits per heavy atom. The molecule has 2 aromatic heterocycles. The Morgan fingerprint density at radius 3 is 2.84 bits per heavy atom. The summed E-state index contributed by atoms with van der Waals surface area (Å²) < 4.78 is 11.9. The molecule has 0 radical (unpaired) electrons. The molecule has 0 N–H and O–H groups in total. The van der Waals surface area contributed by atoms with E-state index in [2.05, 4.69) is 10.3 Å². The van der Waals surface area contributed by atoms with Gasteiger partial charge in [0.15, 0.2) is 17.0 Å². The van der Waals surface area contributed by atoms with Crippen molar-refractivity contribution in [3.63, 3.8) is 0 Å². The van der Waals surface area contributed by atoms with Crippen LogP contribution in [0.1, 0.15) is 0 Å². The number of hydrogen-bond acceptors (Lipinski definition) is 7. The van der Waals surface area contributed by atoms with Crippen LogP contribution in [0.4, 0.5) is 5.69 Å². The normalized spacial score (nSPS) is 11.1. The zero-order valence-corrected chi connectivity index (χ0v) is 12.9. The summed E-state index contributed by atoms with van der Waals surface area (Å²) in [5.41, 5.74) is 0.521. The molecule has 25 heavy (non-hydrogen) atoms. The van der Waals surface area contributed by atoms with Crippen LogP contribution in [0.25, 0.3) is 27.7 Å². The van der Waals surface area contributed by atoms with E-state index in [1.165, 1.54) is 30.0 Å². The van der Waals surface area contributed by atoms with Crippen molar-refractivity contribution in [1.29, 1.82) is 0 Å². The van der Waals surface area contributed by atoms with Gasteiger partial charge in [-0.3, -0.25) is 10.1 Å². The molecule has 124 valence electrons. The fourth-order valence-corrected chi connectivity index (χ4v) is 2.62. The minimum absolute atomic E-state index is 0.102. The van der Waals surface area contributed by atoms with Gasteiger partial charge in [0.05, 0.1) is 17.5 Å². The van der Waals surface area contributed by atoms with Gasteiger partial charge in [-0.15, -0.1) is 5.10 Å². The van der Waals surface area contributed by atoms with Crippen LogP contribution in [0.3, 0.4) is 0 Å². The van der Waals surface area contributed by atoms with Crippen molar-refractivity contribution >= 4 is 27.7 Å². The Bertz CT molecular complexity index is 1190. The minimum atomic E-state index is -0.623. The second-order valence-electron chi connectivity index (χ2n) is 5.23. The zero-order valence-electron chi connectivity index (χ0n) is 12.9. The van der Waals surface area contributed by atoms with Gasteiger partial charge in [0.25, 0.3) is 5.69 Å². The third-order valence-electron chi connectivity index (χ3n) is 3.79. The van der Waals surface area contributed by atoms with Gasteiger partial charge >= 0.3 is 5.63 Å². The first-order valence-corrected chi connectivity index (χ1v) is 7.19. The Hall–Kier alpha value is -3.75. The molecule has 0 atom stereocenters. The van der Waals surface area contributed by atoms with Gasteiger partial charge in [0.2, 0.25) is 0 Å². The Labute approximate surface area is 139 Å². The first-order valence-electron chi connectivity index (χ1n) is 7.19. The fraction of sp³-hybridized carbons (Fsp3) is 0.0625. The molecule has 0 saturated carbocycles. The number of nitro groups is 1. The summed E-state index contributed by atoms with van der Waals surface area (Å²) in [4.78, 5) is 22.7. The van der Waals surface area contributed by atoms with Crippen molar-refractivity contribution in [1.82, 2.24) is 15.0 Å². The standard InChI is InChI=1S/C16H10N4O5/c1-24-14-4-2-3-9-7-13(16(21)25-15(9)14)19-12-6-5-10(20(22)23)8-11(12)17-18-19/h2-8H,1H3. The highest BCUT2D eigenvalue weighted by atomic mass is 16.6. The minimum Gasteiger partial charge on any atom is -0.493 e. The summed E-state index contributed by atoms with van der Waals surface area (Å²) in [6, 6.07) is 11.0. The highest BCUT2D eigenvalue weighted by Crippen LogP contribution is 2.26. The fourth-order valence-electron chi connectivity index (χ4n) is 2.62. The van der Waals surface area contributed by atoms with E-state index in [0.717, 1.165) is 0 Å². The molecular formula is C16H10N4O5. The summed E-state index contributed by atoms with van der Waals surface area (Å²) in [6.45, 7) is 0. The smallest absolute Gasteiger partial charge is 0.362 e. The van der Waals surface area contributed by atoms with Crippen molar-refractivity contribution in [3.8, 4) is 11.4 Å². The summed E-state index contributed by atoms with van der Waals surface area (Å²) in [5, 5.41) is 19.3. The van der Waals surface area contributed by atoms with Crippen molar-refractivity contribution in [2.45, 2.75) is 0 Å². The van der Waals surface area contributed by atoms with E-state index in [1.807, 2.05) is 0 Å². The molecule has 4 aromatic rings. The van der Waals surface area contributed by atoms with Crippen LogP contribution in [0.15, 0.2) is 51.7 Å². The zero-order chi connectivity index (χ0) is 17.6. The molecule has 0 bridgehead atoms. The van der Waals surface area contributed by atoms with E-state index in [1.54, 1.807) is 24.3 Å². The number of benzene rings is 2. The molecule has 9 nitrogen and oxygen atoms in total. The Kier molecular flexibility index (Phi) is 3.21. The molecule has 4 rings (SSSR count). The molecule has 0 aliphatic heterocycles.